The van der Waals surface area contributed by atoms with E-state index in [9.17, 15) is 13.2 Å². The molecule has 2 N–H and O–H groups in total. The molecule has 0 aliphatic rings. The molecule has 0 amide bonds. The average molecular weight is 296 g/mol. The van der Waals surface area contributed by atoms with Crippen molar-refractivity contribution < 1.29 is 17.9 Å². The number of aryl methyl sites for hydroxylation is 1. The first-order valence-corrected chi connectivity index (χ1v) is 6.41. The Hall–Kier alpha value is -2.08. The van der Waals surface area contributed by atoms with Gasteiger partial charge in [-0.15, -0.1) is 0 Å². The fourth-order valence-corrected chi connectivity index (χ4v) is 1.91. The van der Waals surface area contributed by atoms with Crippen LogP contribution in [0.5, 0.6) is 11.5 Å². The molecule has 0 fully saturated rings. The first kappa shape index (κ1) is 15.3. The van der Waals surface area contributed by atoms with Gasteiger partial charge in [0.2, 0.25) is 0 Å². The molecule has 0 radical (unpaired) electrons. The number of rotatable bonds is 4. The number of aromatic nitrogens is 1. The zero-order valence-electron chi connectivity index (χ0n) is 11.4. The van der Waals surface area contributed by atoms with Gasteiger partial charge in [-0.3, -0.25) is 4.98 Å². The van der Waals surface area contributed by atoms with Crippen LogP contribution in [0.4, 0.5) is 13.2 Å². The molecule has 1 heterocycles. The lowest BCUT2D eigenvalue weighted by Crippen LogP contribution is -2.12. The van der Waals surface area contributed by atoms with Crippen LogP contribution in [0.2, 0.25) is 0 Å². The predicted octanol–water partition coefficient (Wildman–Crippen LogP) is 3.70. The zero-order chi connectivity index (χ0) is 15.5. The zero-order valence-corrected chi connectivity index (χ0v) is 11.4. The topological polar surface area (TPSA) is 48.1 Å². The Morgan fingerprint density at radius 3 is 2.43 bits per heavy atom. The van der Waals surface area contributed by atoms with Gasteiger partial charge in [0, 0.05) is 5.69 Å². The van der Waals surface area contributed by atoms with Crippen LogP contribution >= 0.6 is 0 Å². The normalized spacial score (nSPS) is 11.5. The highest BCUT2D eigenvalue weighted by molar-refractivity contribution is 5.40. The van der Waals surface area contributed by atoms with Crippen molar-refractivity contribution in [3.63, 3.8) is 0 Å². The molecule has 0 bridgehead atoms. The molecule has 21 heavy (non-hydrogen) atoms. The Kier molecular flexibility index (Phi) is 4.47. The van der Waals surface area contributed by atoms with E-state index in [1.54, 1.807) is 12.1 Å². The van der Waals surface area contributed by atoms with Gasteiger partial charge in [-0.1, -0.05) is 6.07 Å². The average Bonchev–Trinajstić information content (AvgIpc) is 2.42. The summed E-state index contributed by atoms with van der Waals surface area (Å²) in [7, 11) is 0. The summed E-state index contributed by atoms with van der Waals surface area (Å²) in [5.41, 5.74) is 5.59. The number of hydrogen-bond donors (Lipinski definition) is 1. The van der Waals surface area contributed by atoms with Crippen molar-refractivity contribution in [2.24, 2.45) is 5.73 Å². The Labute approximate surface area is 120 Å². The van der Waals surface area contributed by atoms with Crippen LogP contribution in [0, 0.1) is 6.92 Å². The van der Waals surface area contributed by atoms with Gasteiger partial charge >= 0.3 is 6.18 Å². The SMILES string of the molecule is Cc1ccc(Oc2ccc(CCN)c(C(F)(F)F)c2)cn1. The van der Waals surface area contributed by atoms with Gasteiger partial charge in [0.05, 0.1) is 11.8 Å². The van der Waals surface area contributed by atoms with Crippen molar-refractivity contribution in [1.29, 1.82) is 0 Å². The standard InChI is InChI=1S/C15H15F3N2O/c1-10-2-4-13(9-20-10)21-12-5-3-11(6-7-19)14(8-12)15(16,17)18/h2-5,8-9H,6-7,19H2,1H3. The molecule has 2 rings (SSSR count). The lowest BCUT2D eigenvalue weighted by atomic mass is 10.0. The number of halogens is 3. The minimum absolute atomic E-state index is 0.119. The Balaban J connectivity index is 2.31. The van der Waals surface area contributed by atoms with E-state index in [2.05, 4.69) is 4.98 Å². The van der Waals surface area contributed by atoms with Crippen LogP contribution in [0.3, 0.4) is 0 Å². The Bertz CT molecular complexity index is 609. The van der Waals surface area contributed by atoms with Crippen LogP contribution in [-0.4, -0.2) is 11.5 Å². The van der Waals surface area contributed by atoms with Crippen molar-refractivity contribution in [2.45, 2.75) is 19.5 Å². The minimum Gasteiger partial charge on any atom is -0.456 e. The smallest absolute Gasteiger partial charge is 0.416 e. The van der Waals surface area contributed by atoms with Crippen molar-refractivity contribution >= 4 is 0 Å². The third kappa shape index (κ3) is 3.95. The third-order valence-corrected chi connectivity index (χ3v) is 2.92. The molecule has 2 aromatic rings. The van der Waals surface area contributed by atoms with Crippen LogP contribution in [0.25, 0.3) is 0 Å². The summed E-state index contributed by atoms with van der Waals surface area (Å²) >= 11 is 0. The van der Waals surface area contributed by atoms with Crippen LogP contribution in [-0.2, 0) is 12.6 Å². The van der Waals surface area contributed by atoms with E-state index in [0.717, 1.165) is 11.8 Å². The molecule has 0 saturated carbocycles. The minimum atomic E-state index is -4.44. The number of nitrogens with zero attached hydrogens (tertiary/aromatic N) is 1. The molecule has 0 aliphatic carbocycles. The molecule has 112 valence electrons. The second-order valence-corrected chi connectivity index (χ2v) is 4.59. The van der Waals surface area contributed by atoms with E-state index in [1.807, 2.05) is 6.92 Å². The number of pyridine rings is 1. The van der Waals surface area contributed by atoms with Gasteiger partial charge < -0.3 is 10.5 Å². The van der Waals surface area contributed by atoms with E-state index in [-0.39, 0.29) is 24.3 Å². The summed E-state index contributed by atoms with van der Waals surface area (Å²) in [5.74, 6) is 0.508. The maximum absolute atomic E-state index is 13.0. The lowest BCUT2D eigenvalue weighted by Gasteiger charge is -2.14. The predicted molar refractivity (Wildman–Crippen MR) is 73.3 cm³/mol. The number of nitrogens with two attached hydrogens (primary N) is 1. The first-order chi connectivity index (χ1) is 9.90. The third-order valence-electron chi connectivity index (χ3n) is 2.92. The van der Waals surface area contributed by atoms with Crippen LogP contribution in [0.15, 0.2) is 36.5 Å². The second kappa shape index (κ2) is 6.13. The Morgan fingerprint density at radius 1 is 1.14 bits per heavy atom. The second-order valence-electron chi connectivity index (χ2n) is 4.59. The van der Waals surface area contributed by atoms with E-state index < -0.39 is 11.7 Å². The monoisotopic (exact) mass is 296 g/mol. The molecule has 0 spiro atoms. The highest BCUT2D eigenvalue weighted by atomic mass is 19.4. The van der Waals surface area contributed by atoms with E-state index in [0.29, 0.717) is 5.75 Å². The highest BCUT2D eigenvalue weighted by Gasteiger charge is 2.33. The van der Waals surface area contributed by atoms with Gasteiger partial charge in [0.15, 0.2) is 0 Å². The summed E-state index contributed by atoms with van der Waals surface area (Å²) in [6, 6.07) is 7.27. The summed E-state index contributed by atoms with van der Waals surface area (Å²) in [6.07, 6.45) is -2.80. The van der Waals surface area contributed by atoms with Crippen LogP contribution in [0.1, 0.15) is 16.8 Å². The molecule has 0 aliphatic heterocycles. The maximum Gasteiger partial charge on any atom is 0.416 e. The summed E-state index contributed by atoms with van der Waals surface area (Å²) in [4.78, 5) is 4.03. The summed E-state index contributed by atoms with van der Waals surface area (Å²) in [5, 5.41) is 0. The van der Waals surface area contributed by atoms with Crippen molar-refractivity contribution in [3.05, 3.63) is 53.3 Å². The number of ether oxygens (including phenoxy) is 1. The van der Waals surface area contributed by atoms with Crippen LogP contribution < -0.4 is 10.5 Å². The molecular formula is C15H15F3N2O. The molecule has 1 aromatic heterocycles. The fraction of sp³-hybridized carbons (Fsp3) is 0.267. The number of benzene rings is 1. The van der Waals surface area contributed by atoms with Crippen molar-refractivity contribution in [3.8, 4) is 11.5 Å². The molecule has 3 nitrogen and oxygen atoms in total. The highest BCUT2D eigenvalue weighted by Crippen LogP contribution is 2.35. The molecule has 1 aromatic carbocycles. The molecule has 6 heteroatoms. The number of hydrogen-bond acceptors (Lipinski definition) is 3. The first-order valence-electron chi connectivity index (χ1n) is 6.41. The number of alkyl halides is 3. The van der Waals surface area contributed by atoms with E-state index in [4.69, 9.17) is 10.5 Å². The van der Waals surface area contributed by atoms with Crippen molar-refractivity contribution in [1.82, 2.24) is 4.98 Å². The van der Waals surface area contributed by atoms with E-state index >= 15 is 0 Å². The maximum atomic E-state index is 13.0. The van der Waals surface area contributed by atoms with Gasteiger partial charge in [-0.2, -0.15) is 13.2 Å². The molecule has 0 atom stereocenters. The van der Waals surface area contributed by atoms with Gasteiger partial charge in [-0.05, 0) is 49.7 Å². The lowest BCUT2D eigenvalue weighted by molar-refractivity contribution is -0.138. The largest absolute Gasteiger partial charge is 0.456 e. The molecular weight excluding hydrogens is 281 g/mol. The van der Waals surface area contributed by atoms with Gasteiger partial charge in [0.1, 0.15) is 11.5 Å². The summed E-state index contributed by atoms with van der Waals surface area (Å²) < 4.78 is 44.5. The molecule has 0 saturated heterocycles. The van der Waals surface area contributed by atoms with Crippen molar-refractivity contribution in [2.75, 3.05) is 6.54 Å². The quantitative estimate of drug-likeness (QED) is 0.935. The molecule has 0 unspecified atom stereocenters. The van der Waals surface area contributed by atoms with Gasteiger partial charge in [-0.25, -0.2) is 0 Å². The summed E-state index contributed by atoms with van der Waals surface area (Å²) in [6.45, 7) is 1.97. The van der Waals surface area contributed by atoms with Gasteiger partial charge in [0.25, 0.3) is 0 Å². The fourth-order valence-electron chi connectivity index (χ4n) is 1.91. The Morgan fingerprint density at radius 2 is 1.86 bits per heavy atom. The van der Waals surface area contributed by atoms with E-state index in [1.165, 1.54) is 18.3 Å².